The summed E-state index contributed by atoms with van der Waals surface area (Å²) >= 11 is 10.0. The Balaban J connectivity index is 1.58. The van der Waals surface area contributed by atoms with Crippen molar-refractivity contribution in [2.24, 2.45) is 5.73 Å². The molecule has 0 spiro atoms. The van der Waals surface area contributed by atoms with Gasteiger partial charge in [-0.15, -0.1) is 23.5 Å². The second kappa shape index (κ2) is 7.75. The number of nitrogens with two attached hydrogens (primary N) is 1. The second-order valence-corrected chi connectivity index (χ2v) is 9.27. The minimum absolute atomic E-state index is 0.397. The molecule has 0 aromatic carbocycles. The van der Waals surface area contributed by atoms with E-state index in [2.05, 4.69) is 19.8 Å². The molecule has 0 bridgehead atoms. The standard InChI is InChI=1S/C19H19ClN4OS2/c1-11-18(24-9-12(7-21)5-15(20)19(24)23-11)13-6-17(26-10-13)27-14-3-4-16(25-2)22-8-14/h3-5,8-10,17H,6-7,21H2,1-2H3. The summed E-state index contributed by atoms with van der Waals surface area (Å²) in [5.74, 6) is 0.631. The first-order chi connectivity index (χ1) is 13.1. The molecule has 0 radical (unpaired) electrons. The maximum Gasteiger partial charge on any atom is 0.212 e. The Hall–Kier alpha value is -1.67. The van der Waals surface area contributed by atoms with Crippen molar-refractivity contribution in [3.05, 3.63) is 58.0 Å². The number of thioether (sulfide) groups is 2. The number of fused-ring (bicyclic) bond motifs is 1. The third-order valence-electron chi connectivity index (χ3n) is 4.38. The molecule has 2 N–H and O–H groups in total. The number of ether oxygens (including phenoxy) is 1. The van der Waals surface area contributed by atoms with Gasteiger partial charge in [-0.3, -0.25) is 4.40 Å². The van der Waals surface area contributed by atoms with E-state index >= 15 is 0 Å². The topological polar surface area (TPSA) is 65.4 Å². The molecule has 3 aromatic heterocycles. The summed E-state index contributed by atoms with van der Waals surface area (Å²) in [6.07, 6.45) is 4.84. The SMILES string of the molecule is COc1ccc(SC2CC(c3c(C)nc4c(Cl)cc(CN)cn34)=CS2)cn1. The first-order valence-corrected chi connectivity index (χ1v) is 10.7. The molecule has 0 aliphatic carbocycles. The number of nitrogens with zero attached hydrogens (tertiary/aromatic N) is 3. The molecule has 8 heteroatoms. The number of rotatable bonds is 5. The summed E-state index contributed by atoms with van der Waals surface area (Å²) in [4.78, 5) is 10.1. The quantitative estimate of drug-likeness (QED) is 0.644. The molecule has 1 aliphatic rings. The molecular weight excluding hydrogens is 400 g/mol. The molecule has 3 aromatic rings. The van der Waals surface area contributed by atoms with E-state index in [9.17, 15) is 0 Å². The van der Waals surface area contributed by atoms with Crippen molar-refractivity contribution in [2.75, 3.05) is 7.11 Å². The van der Waals surface area contributed by atoms with Crippen LogP contribution in [0.1, 0.15) is 23.4 Å². The van der Waals surface area contributed by atoms with Crippen LogP contribution in [0.25, 0.3) is 11.2 Å². The number of allylic oxidation sites excluding steroid dienone is 1. The molecule has 5 nitrogen and oxygen atoms in total. The molecule has 0 saturated heterocycles. The number of aryl methyl sites for hydroxylation is 1. The minimum atomic E-state index is 0.397. The average molecular weight is 419 g/mol. The van der Waals surface area contributed by atoms with E-state index in [0.717, 1.165) is 33.9 Å². The minimum Gasteiger partial charge on any atom is -0.481 e. The molecule has 4 heterocycles. The van der Waals surface area contributed by atoms with Crippen molar-refractivity contribution in [1.82, 2.24) is 14.4 Å². The normalized spacial score (nSPS) is 16.7. The molecule has 1 atom stereocenters. The van der Waals surface area contributed by atoms with Gasteiger partial charge in [-0.2, -0.15) is 0 Å². The van der Waals surface area contributed by atoms with Crippen molar-refractivity contribution < 1.29 is 4.74 Å². The number of pyridine rings is 2. The molecule has 27 heavy (non-hydrogen) atoms. The predicted octanol–water partition coefficient (Wildman–Crippen LogP) is 4.75. The van der Waals surface area contributed by atoms with Crippen molar-refractivity contribution in [2.45, 2.75) is 29.4 Å². The van der Waals surface area contributed by atoms with Crippen LogP contribution in [0.2, 0.25) is 5.02 Å². The summed E-state index contributed by atoms with van der Waals surface area (Å²) < 4.78 is 7.60. The number of halogens is 1. The Bertz CT molecular complexity index is 1020. The lowest BCUT2D eigenvalue weighted by atomic mass is 10.1. The molecule has 140 valence electrons. The Morgan fingerprint density at radius 3 is 3.00 bits per heavy atom. The zero-order valence-corrected chi connectivity index (χ0v) is 17.4. The van der Waals surface area contributed by atoms with Crippen LogP contribution in [0.3, 0.4) is 0 Å². The lowest BCUT2D eigenvalue weighted by molar-refractivity contribution is 0.397. The Morgan fingerprint density at radius 2 is 2.30 bits per heavy atom. The van der Waals surface area contributed by atoms with Crippen LogP contribution >= 0.6 is 35.1 Å². The van der Waals surface area contributed by atoms with E-state index in [4.69, 9.17) is 22.1 Å². The molecule has 0 saturated carbocycles. The van der Waals surface area contributed by atoms with Crippen LogP contribution in [0.5, 0.6) is 5.88 Å². The number of hydrogen-bond donors (Lipinski definition) is 1. The molecule has 0 amide bonds. The monoisotopic (exact) mass is 418 g/mol. The smallest absolute Gasteiger partial charge is 0.212 e. The number of hydrogen-bond acceptors (Lipinski definition) is 6. The number of aromatic nitrogens is 3. The average Bonchev–Trinajstić information content (AvgIpc) is 3.25. The van der Waals surface area contributed by atoms with E-state index in [0.29, 0.717) is 22.0 Å². The Kier molecular flexibility index (Phi) is 5.36. The van der Waals surface area contributed by atoms with Gasteiger partial charge in [-0.05, 0) is 42.0 Å². The van der Waals surface area contributed by atoms with Crippen LogP contribution in [0.15, 0.2) is 40.9 Å². The van der Waals surface area contributed by atoms with Crippen LogP contribution in [-0.4, -0.2) is 26.1 Å². The zero-order chi connectivity index (χ0) is 19.0. The maximum atomic E-state index is 6.41. The van der Waals surface area contributed by atoms with E-state index in [1.807, 2.05) is 61.0 Å². The third-order valence-corrected chi connectivity index (χ3v) is 7.11. The first kappa shape index (κ1) is 18.7. The van der Waals surface area contributed by atoms with E-state index in [1.165, 1.54) is 5.57 Å². The van der Waals surface area contributed by atoms with E-state index in [1.54, 1.807) is 7.11 Å². The van der Waals surface area contributed by atoms with Crippen molar-refractivity contribution >= 4 is 46.3 Å². The fraction of sp³-hybridized carbons (Fsp3) is 0.263. The van der Waals surface area contributed by atoms with Gasteiger partial charge in [-0.25, -0.2) is 9.97 Å². The van der Waals surface area contributed by atoms with Crippen molar-refractivity contribution in [3.63, 3.8) is 0 Å². The Labute approximate surface area is 171 Å². The summed E-state index contributed by atoms with van der Waals surface area (Å²) in [6.45, 7) is 2.48. The second-order valence-electron chi connectivity index (χ2n) is 6.21. The number of imidazole rings is 1. The van der Waals surface area contributed by atoms with Crippen LogP contribution < -0.4 is 10.5 Å². The van der Waals surface area contributed by atoms with Gasteiger partial charge >= 0.3 is 0 Å². The lowest BCUT2D eigenvalue weighted by Crippen LogP contribution is -2.01. The molecule has 0 fully saturated rings. The summed E-state index contributed by atoms with van der Waals surface area (Å²) in [7, 11) is 1.62. The first-order valence-electron chi connectivity index (χ1n) is 8.47. The van der Waals surface area contributed by atoms with Gasteiger partial charge in [-0.1, -0.05) is 11.6 Å². The third kappa shape index (κ3) is 3.69. The highest BCUT2D eigenvalue weighted by Gasteiger charge is 2.24. The molecule has 1 unspecified atom stereocenters. The van der Waals surface area contributed by atoms with Crippen LogP contribution in [0.4, 0.5) is 0 Å². The van der Waals surface area contributed by atoms with Gasteiger partial charge < -0.3 is 10.5 Å². The zero-order valence-electron chi connectivity index (χ0n) is 15.0. The van der Waals surface area contributed by atoms with Crippen molar-refractivity contribution in [3.8, 4) is 5.88 Å². The number of methoxy groups -OCH3 is 1. The summed E-state index contributed by atoms with van der Waals surface area (Å²) in [5.41, 5.74) is 11.0. The highest BCUT2D eigenvalue weighted by atomic mass is 35.5. The van der Waals surface area contributed by atoms with Crippen molar-refractivity contribution in [1.29, 1.82) is 0 Å². The summed E-state index contributed by atoms with van der Waals surface area (Å²) in [6, 6.07) is 5.82. The Morgan fingerprint density at radius 1 is 1.44 bits per heavy atom. The van der Waals surface area contributed by atoms with Gasteiger partial charge in [0.25, 0.3) is 0 Å². The van der Waals surface area contributed by atoms with Gasteiger partial charge in [0.2, 0.25) is 5.88 Å². The molecule has 4 rings (SSSR count). The van der Waals surface area contributed by atoms with E-state index < -0.39 is 0 Å². The van der Waals surface area contributed by atoms with Gasteiger partial charge in [0, 0.05) is 29.9 Å². The van der Waals surface area contributed by atoms with E-state index in [-0.39, 0.29) is 0 Å². The molecule has 1 aliphatic heterocycles. The van der Waals surface area contributed by atoms with Gasteiger partial charge in [0.15, 0.2) is 5.65 Å². The molecular formula is C19H19ClN4OS2. The van der Waals surface area contributed by atoms with Gasteiger partial charge in [0.1, 0.15) is 0 Å². The predicted molar refractivity (Wildman–Crippen MR) is 113 cm³/mol. The highest BCUT2D eigenvalue weighted by Crippen LogP contribution is 2.45. The highest BCUT2D eigenvalue weighted by molar-refractivity contribution is 8.18. The van der Waals surface area contributed by atoms with Crippen LogP contribution in [0, 0.1) is 6.92 Å². The largest absolute Gasteiger partial charge is 0.481 e. The summed E-state index contributed by atoms with van der Waals surface area (Å²) in [5, 5.41) is 2.86. The lowest BCUT2D eigenvalue weighted by Gasteiger charge is -2.10. The maximum absolute atomic E-state index is 6.41. The van der Waals surface area contributed by atoms with Crippen LogP contribution in [-0.2, 0) is 6.54 Å². The fourth-order valence-electron chi connectivity index (χ4n) is 3.13. The van der Waals surface area contributed by atoms with Gasteiger partial charge in [0.05, 0.1) is 28.1 Å². The fourth-order valence-corrected chi connectivity index (χ4v) is 5.76.